The number of hydrogen-bond donors (Lipinski definition) is 1. The maximum absolute atomic E-state index is 13.3. The van der Waals surface area contributed by atoms with E-state index in [4.69, 9.17) is 46.4 Å². The normalized spacial score (nSPS) is 11.6. The van der Waals surface area contributed by atoms with Gasteiger partial charge in [0, 0.05) is 16.0 Å². The van der Waals surface area contributed by atoms with E-state index in [1.165, 1.54) is 36.4 Å². The van der Waals surface area contributed by atoms with Crippen molar-refractivity contribution in [2.24, 2.45) is 0 Å². The Morgan fingerprint density at radius 3 is 2.09 bits per heavy atom. The van der Waals surface area contributed by atoms with Crippen molar-refractivity contribution < 1.29 is 13.2 Å². The van der Waals surface area contributed by atoms with Gasteiger partial charge in [-0.3, -0.25) is 4.79 Å². The highest BCUT2D eigenvalue weighted by molar-refractivity contribution is 9.10. The molecule has 0 aliphatic carbocycles. The molecule has 1 amide bonds. The number of nitrogens with zero attached hydrogens (tertiary/aromatic N) is 1. The average molecular weight is 597 g/mol. The quantitative estimate of drug-likeness (QED) is 0.302. The minimum atomic E-state index is -4.02. The van der Waals surface area contributed by atoms with E-state index in [-0.39, 0.29) is 32.2 Å². The van der Waals surface area contributed by atoms with Crippen LogP contribution >= 0.6 is 62.3 Å². The van der Waals surface area contributed by atoms with E-state index in [1.54, 1.807) is 24.3 Å². The van der Waals surface area contributed by atoms with Crippen molar-refractivity contribution in [3.8, 4) is 0 Å². The Labute approximate surface area is 214 Å². The van der Waals surface area contributed by atoms with E-state index in [0.717, 1.165) is 8.78 Å². The van der Waals surface area contributed by atoms with Gasteiger partial charge in [-0.25, -0.2) is 8.42 Å². The van der Waals surface area contributed by atoms with Crippen molar-refractivity contribution in [1.82, 2.24) is 4.31 Å². The number of halogens is 5. The molecule has 0 aromatic heterocycles. The van der Waals surface area contributed by atoms with Gasteiger partial charge in [0.2, 0.25) is 15.9 Å². The summed E-state index contributed by atoms with van der Waals surface area (Å²) in [6.07, 6.45) is 0. The van der Waals surface area contributed by atoms with Gasteiger partial charge in [-0.2, -0.15) is 4.31 Å². The Morgan fingerprint density at radius 2 is 1.47 bits per heavy atom. The first-order valence-electron chi connectivity index (χ1n) is 9.01. The summed E-state index contributed by atoms with van der Waals surface area (Å²) in [7, 11) is -4.02. The van der Waals surface area contributed by atoms with E-state index in [1.807, 2.05) is 0 Å². The lowest BCUT2D eigenvalue weighted by molar-refractivity contribution is -0.116. The molecule has 0 spiro atoms. The van der Waals surface area contributed by atoms with Crippen molar-refractivity contribution in [1.29, 1.82) is 0 Å². The van der Waals surface area contributed by atoms with Crippen LogP contribution in [0.15, 0.2) is 70.0 Å². The summed E-state index contributed by atoms with van der Waals surface area (Å²) < 4.78 is 28.5. The maximum Gasteiger partial charge on any atom is 0.243 e. The Hall–Kier alpha value is -1.32. The number of sulfonamides is 1. The van der Waals surface area contributed by atoms with Crippen LogP contribution in [0.1, 0.15) is 5.56 Å². The molecule has 0 saturated heterocycles. The van der Waals surface area contributed by atoms with Crippen LogP contribution in [0.5, 0.6) is 0 Å². The highest BCUT2D eigenvalue weighted by atomic mass is 79.9. The predicted molar refractivity (Wildman–Crippen MR) is 133 cm³/mol. The van der Waals surface area contributed by atoms with Gasteiger partial charge in [-0.05, 0) is 54.1 Å². The Bertz CT molecular complexity index is 1240. The number of benzene rings is 3. The first-order valence-corrected chi connectivity index (χ1v) is 12.8. The third-order valence-corrected chi connectivity index (χ3v) is 7.95. The van der Waals surface area contributed by atoms with Gasteiger partial charge in [0.05, 0.1) is 32.2 Å². The molecule has 0 saturated carbocycles. The molecule has 168 valence electrons. The number of carbonyl (C=O) groups is 1. The fourth-order valence-corrected chi connectivity index (χ4v) is 5.11. The largest absolute Gasteiger partial charge is 0.324 e. The van der Waals surface area contributed by atoms with Gasteiger partial charge < -0.3 is 5.32 Å². The molecule has 3 rings (SSSR count). The number of carbonyl (C=O) groups excluding carboxylic acids is 1. The topological polar surface area (TPSA) is 66.5 Å². The second kappa shape index (κ2) is 10.7. The number of nitrogens with one attached hydrogen (secondary N) is 1. The number of anilines is 1. The van der Waals surface area contributed by atoms with Gasteiger partial charge in [-0.1, -0.05) is 74.5 Å². The van der Waals surface area contributed by atoms with Crippen LogP contribution < -0.4 is 5.32 Å². The van der Waals surface area contributed by atoms with E-state index in [2.05, 4.69) is 21.2 Å². The lowest BCUT2D eigenvalue weighted by Crippen LogP contribution is -2.37. The summed E-state index contributed by atoms with van der Waals surface area (Å²) in [5.41, 5.74) is 0.921. The van der Waals surface area contributed by atoms with E-state index in [9.17, 15) is 13.2 Å². The fraction of sp³-hybridized carbons (Fsp3) is 0.0952. The lowest BCUT2D eigenvalue weighted by Gasteiger charge is -2.22. The molecule has 0 atom stereocenters. The molecule has 3 aromatic carbocycles. The first kappa shape index (κ1) is 25.3. The highest BCUT2D eigenvalue weighted by Gasteiger charge is 2.27. The molecule has 0 bridgehead atoms. The van der Waals surface area contributed by atoms with E-state index < -0.39 is 22.5 Å². The summed E-state index contributed by atoms with van der Waals surface area (Å²) in [4.78, 5) is 12.8. The second-order valence-electron chi connectivity index (χ2n) is 6.65. The van der Waals surface area contributed by atoms with Crippen LogP contribution in [0.3, 0.4) is 0 Å². The van der Waals surface area contributed by atoms with E-state index >= 15 is 0 Å². The van der Waals surface area contributed by atoms with Crippen LogP contribution in [0.4, 0.5) is 5.69 Å². The summed E-state index contributed by atoms with van der Waals surface area (Å²) in [6, 6.07) is 15.6. The molecule has 3 aromatic rings. The molecule has 0 aliphatic heterocycles. The fourth-order valence-electron chi connectivity index (χ4n) is 2.74. The zero-order valence-electron chi connectivity index (χ0n) is 16.2. The zero-order chi connectivity index (χ0) is 23.5. The Morgan fingerprint density at radius 1 is 0.875 bits per heavy atom. The minimum absolute atomic E-state index is 0.0133. The summed E-state index contributed by atoms with van der Waals surface area (Å²) in [6.45, 7) is -0.488. The molecule has 0 fully saturated rings. The average Bonchev–Trinajstić information content (AvgIpc) is 2.73. The van der Waals surface area contributed by atoms with Gasteiger partial charge in [0.15, 0.2) is 0 Å². The molecule has 11 heteroatoms. The van der Waals surface area contributed by atoms with Gasteiger partial charge in [0.25, 0.3) is 0 Å². The van der Waals surface area contributed by atoms with Crippen molar-refractivity contribution in [2.75, 3.05) is 11.9 Å². The second-order valence-corrected chi connectivity index (χ2v) is 11.2. The van der Waals surface area contributed by atoms with Crippen molar-refractivity contribution in [3.05, 3.63) is 90.8 Å². The van der Waals surface area contributed by atoms with Gasteiger partial charge in [-0.15, -0.1) is 0 Å². The van der Waals surface area contributed by atoms with Crippen LogP contribution in [-0.4, -0.2) is 25.2 Å². The highest BCUT2D eigenvalue weighted by Crippen LogP contribution is 2.32. The molecule has 0 heterocycles. The van der Waals surface area contributed by atoms with Crippen molar-refractivity contribution in [3.63, 3.8) is 0 Å². The molecule has 1 N–H and O–H groups in total. The van der Waals surface area contributed by atoms with Crippen LogP contribution in [-0.2, 0) is 21.4 Å². The Balaban J connectivity index is 1.89. The number of rotatable bonds is 7. The van der Waals surface area contributed by atoms with Crippen LogP contribution in [0.25, 0.3) is 0 Å². The van der Waals surface area contributed by atoms with Crippen molar-refractivity contribution >= 4 is 84.0 Å². The van der Waals surface area contributed by atoms with Gasteiger partial charge >= 0.3 is 0 Å². The monoisotopic (exact) mass is 594 g/mol. The molecule has 0 radical (unpaired) electrons. The molecular weight excluding hydrogens is 582 g/mol. The van der Waals surface area contributed by atoms with Crippen molar-refractivity contribution in [2.45, 2.75) is 11.4 Å². The first-order chi connectivity index (χ1) is 15.1. The molecule has 0 unspecified atom stereocenters. The van der Waals surface area contributed by atoms with Crippen LogP contribution in [0.2, 0.25) is 20.1 Å². The molecular formula is C21H15BrCl4N2O3S. The standard InChI is InChI=1S/C21H15BrCl4N2O3S/c22-14-3-1-13(2-4-14)11-28(32(30,31)16-7-5-15(23)6-8-16)12-21(29)27-20-10-18(25)17(24)9-19(20)26/h1-10H,11-12H2,(H,27,29). The predicted octanol–water partition coefficient (Wildman–Crippen LogP) is 6.89. The smallest absolute Gasteiger partial charge is 0.243 e. The van der Waals surface area contributed by atoms with Gasteiger partial charge in [0.1, 0.15) is 0 Å². The number of amides is 1. The summed E-state index contributed by atoms with van der Waals surface area (Å²) in [5, 5.41) is 3.59. The zero-order valence-corrected chi connectivity index (χ0v) is 21.6. The third kappa shape index (κ3) is 6.38. The SMILES string of the molecule is O=C(CN(Cc1ccc(Br)cc1)S(=O)(=O)c1ccc(Cl)cc1)Nc1cc(Cl)c(Cl)cc1Cl. The Kier molecular flexibility index (Phi) is 8.49. The molecule has 32 heavy (non-hydrogen) atoms. The maximum atomic E-state index is 13.3. The lowest BCUT2D eigenvalue weighted by atomic mass is 10.2. The number of hydrogen-bond acceptors (Lipinski definition) is 3. The van der Waals surface area contributed by atoms with Crippen LogP contribution in [0, 0.1) is 0 Å². The molecule has 0 aliphatic rings. The summed E-state index contributed by atoms with van der Waals surface area (Å²) >= 11 is 27.3. The third-order valence-electron chi connectivity index (χ3n) is 4.33. The molecule has 5 nitrogen and oxygen atoms in total. The summed E-state index contributed by atoms with van der Waals surface area (Å²) in [5.74, 6) is -0.597. The van der Waals surface area contributed by atoms with E-state index in [0.29, 0.717) is 10.6 Å². The minimum Gasteiger partial charge on any atom is -0.324 e.